The zero-order chi connectivity index (χ0) is 13.1. The van der Waals surface area contributed by atoms with Gasteiger partial charge in [-0.15, -0.1) is 11.3 Å². The van der Waals surface area contributed by atoms with Crippen LogP contribution in [-0.2, 0) is 0 Å². The van der Waals surface area contributed by atoms with Crippen LogP contribution in [0.25, 0.3) is 0 Å². The standard InChI is InChI=1S/C12H6ClFN2OS/c13-9-3-4-18-11(9)12(17)16-10-2-1-8(14)5-7(10)6-15/h1-5H,(H,16,17). The first-order valence-electron chi connectivity index (χ1n) is 4.86. The topological polar surface area (TPSA) is 52.9 Å². The van der Waals surface area contributed by atoms with Crippen LogP contribution in [0, 0.1) is 17.1 Å². The Kier molecular flexibility index (Phi) is 3.60. The number of rotatable bonds is 2. The number of anilines is 1. The van der Waals surface area contributed by atoms with Crippen LogP contribution in [0.5, 0.6) is 0 Å². The zero-order valence-corrected chi connectivity index (χ0v) is 10.5. The molecule has 2 aromatic rings. The van der Waals surface area contributed by atoms with Crippen molar-refractivity contribution < 1.29 is 9.18 Å². The van der Waals surface area contributed by atoms with E-state index in [2.05, 4.69) is 5.32 Å². The summed E-state index contributed by atoms with van der Waals surface area (Å²) in [5.41, 5.74) is 0.324. The zero-order valence-electron chi connectivity index (χ0n) is 8.91. The molecule has 0 radical (unpaired) electrons. The Hall–Kier alpha value is -1.90. The Morgan fingerprint density at radius 3 is 2.83 bits per heavy atom. The summed E-state index contributed by atoms with van der Waals surface area (Å²) in [7, 11) is 0. The Balaban J connectivity index is 2.28. The first-order chi connectivity index (χ1) is 8.61. The van der Waals surface area contributed by atoms with E-state index >= 15 is 0 Å². The van der Waals surface area contributed by atoms with Crippen molar-refractivity contribution in [3.8, 4) is 6.07 Å². The molecule has 0 aliphatic carbocycles. The highest BCUT2D eigenvalue weighted by atomic mass is 35.5. The maximum atomic E-state index is 12.9. The summed E-state index contributed by atoms with van der Waals surface area (Å²) in [6, 6.07) is 7.00. The monoisotopic (exact) mass is 280 g/mol. The quantitative estimate of drug-likeness (QED) is 0.912. The molecule has 3 nitrogen and oxygen atoms in total. The lowest BCUT2D eigenvalue weighted by molar-refractivity contribution is 0.103. The van der Waals surface area contributed by atoms with E-state index in [0.29, 0.717) is 9.90 Å². The number of carbonyl (C=O) groups excluding carboxylic acids is 1. The molecule has 0 spiro atoms. The Morgan fingerprint density at radius 1 is 1.44 bits per heavy atom. The number of thiophene rings is 1. The minimum atomic E-state index is -0.529. The number of benzene rings is 1. The van der Waals surface area contributed by atoms with Gasteiger partial charge in [-0.05, 0) is 29.6 Å². The minimum absolute atomic E-state index is 0.0658. The second kappa shape index (κ2) is 5.17. The number of nitrogens with zero attached hydrogens (tertiary/aromatic N) is 1. The van der Waals surface area contributed by atoms with Crippen molar-refractivity contribution in [1.29, 1.82) is 5.26 Å². The lowest BCUT2D eigenvalue weighted by Gasteiger charge is -2.06. The molecule has 0 atom stereocenters. The molecule has 90 valence electrons. The molecule has 0 fully saturated rings. The van der Waals surface area contributed by atoms with Gasteiger partial charge in [0.15, 0.2) is 0 Å². The Bertz CT molecular complexity index is 648. The molecule has 1 N–H and O–H groups in total. The third kappa shape index (κ3) is 2.50. The van der Waals surface area contributed by atoms with Gasteiger partial charge < -0.3 is 5.32 Å². The lowest BCUT2D eigenvalue weighted by Crippen LogP contribution is -2.11. The summed E-state index contributed by atoms with van der Waals surface area (Å²) in [6.07, 6.45) is 0. The van der Waals surface area contributed by atoms with Gasteiger partial charge in [-0.1, -0.05) is 11.6 Å². The molecule has 1 aromatic heterocycles. The number of hydrogen-bond donors (Lipinski definition) is 1. The predicted octanol–water partition coefficient (Wildman–Crippen LogP) is 3.66. The molecule has 0 bridgehead atoms. The number of nitrogens with one attached hydrogen (secondary N) is 1. The molecule has 0 aliphatic rings. The summed E-state index contributed by atoms with van der Waals surface area (Å²) in [5.74, 6) is -0.947. The fourth-order valence-electron chi connectivity index (χ4n) is 1.35. The third-order valence-corrected chi connectivity index (χ3v) is 3.51. The molecule has 1 heterocycles. The molecular formula is C12H6ClFN2OS. The molecule has 0 unspecified atom stereocenters. The van der Waals surface area contributed by atoms with Gasteiger partial charge in [-0.3, -0.25) is 4.79 Å². The van der Waals surface area contributed by atoms with Crippen molar-refractivity contribution in [3.05, 3.63) is 50.9 Å². The molecule has 6 heteroatoms. The van der Waals surface area contributed by atoms with Crippen molar-refractivity contribution in [2.24, 2.45) is 0 Å². The third-order valence-electron chi connectivity index (χ3n) is 2.17. The summed E-state index contributed by atoms with van der Waals surface area (Å²) >= 11 is 7.02. The molecule has 1 amide bonds. The van der Waals surface area contributed by atoms with E-state index in [1.54, 1.807) is 11.4 Å². The summed E-state index contributed by atoms with van der Waals surface area (Å²) in [6.45, 7) is 0. The lowest BCUT2D eigenvalue weighted by atomic mass is 10.2. The number of halogens is 2. The average molecular weight is 281 g/mol. The summed E-state index contributed by atoms with van der Waals surface area (Å²) in [5, 5.41) is 13.4. The normalized spacial score (nSPS) is 9.83. The first-order valence-corrected chi connectivity index (χ1v) is 6.11. The number of amides is 1. The average Bonchev–Trinajstić information content (AvgIpc) is 2.77. The van der Waals surface area contributed by atoms with Gasteiger partial charge in [-0.2, -0.15) is 5.26 Å². The highest BCUT2D eigenvalue weighted by molar-refractivity contribution is 7.12. The molecule has 2 rings (SSSR count). The SMILES string of the molecule is N#Cc1cc(F)ccc1NC(=O)c1sccc1Cl. The van der Waals surface area contributed by atoms with Crippen molar-refractivity contribution in [1.82, 2.24) is 0 Å². The van der Waals surface area contributed by atoms with Crippen LogP contribution in [0.1, 0.15) is 15.2 Å². The van der Waals surface area contributed by atoms with Gasteiger partial charge >= 0.3 is 0 Å². The maximum absolute atomic E-state index is 12.9. The summed E-state index contributed by atoms with van der Waals surface area (Å²) in [4.78, 5) is 12.2. The van der Waals surface area contributed by atoms with E-state index in [1.165, 1.54) is 23.5 Å². The molecule has 0 aliphatic heterocycles. The number of carbonyl (C=O) groups is 1. The minimum Gasteiger partial charge on any atom is -0.320 e. The van der Waals surface area contributed by atoms with E-state index in [9.17, 15) is 9.18 Å². The fraction of sp³-hybridized carbons (Fsp3) is 0. The van der Waals surface area contributed by atoms with Crippen molar-refractivity contribution >= 4 is 34.5 Å². The molecule has 0 saturated carbocycles. The van der Waals surface area contributed by atoms with Gasteiger partial charge in [0.1, 0.15) is 16.8 Å². The Labute approximate surface area is 111 Å². The van der Waals surface area contributed by atoms with Crippen LogP contribution in [0.3, 0.4) is 0 Å². The van der Waals surface area contributed by atoms with E-state index in [4.69, 9.17) is 16.9 Å². The van der Waals surface area contributed by atoms with E-state index in [1.807, 2.05) is 6.07 Å². The first kappa shape index (κ1) is 12.6. The Morgan fingerprint density at radius 2 is 2.22 bits per heavy atom. The van der Waals surface area contributed by atoms with E-state index in [0.717, 1.165) is 6.07 Å². The van der Waals surface area contributed by atoms with Gasteiger partial charge in [0.25, 0.3) is 5.91 Å². The van der Waals surface area contributed by atoms with Crippen molar-refractivity contribution in [2.75, 3.05) is 5.32 Å². The number of nitriles is 1. The molecule has 18 heavy (non-hydrogen) atoms. The van der Waals surface area contributed by atoms with Gasteiger partial charge in [0, 0.05) is 0 Å². The van der Waals surface area contributed by atoms with Crippen LogP contribution < -0.4 is 5.32 Å². The van der Waals surface area contributed by atoms with E-state index < -0.39 is 11.7 Å². The highest BCUT2D eigenvalue weighted by Crippen LogP contribution is 2.24. The van der Waals surface area contributed by atoms with Crippen LogP contribution in [0.2, 0.25) is 5.02 Å². The van der Waals surface area contributed by atoms with Crippen molar-refractivity contribution in [2.45, 2.75) is 0 Å². The molecule has 1 aromatic carbocycles. The molecular weight excluding hydrogens is 275 g/mol. The van der Waals surface area contributed by atoms with Gasteiger partial charge in [0.2, 0.25) is 0 Å². The predicted molar refractivity (Wildman–Crippen MR) is 68.4 cm³/mol. The van der Waals surface area contributed by atoms with E-state index in [-0.39, 0.29) is 11.3 Å². The van der Waals surface area contributed by atoms with Gasteiger partial charge in [-0.25, -0.2) is 4.39 Å². The van der Waals surface area contributed by atoms with Gasteiger partial charge in [0.05, 0.1) is 16.3 Å². The van der Waals surface area contributed by atoms with Crippen LogP contribution >= 0.6 is 22.9 Å². The maximum Gasteiger partial charge on any atom is 0.267 e. The highest BCUT2D eigenvalue weighted by Gasteiger charge is 2.14. The second-order valence-electron chi connectivity index (χ2n) is 3.35. The smallest absolute Gasteiger partial charge is 0.267 e. The largest absolute Gasteiger partial charge is 0.320 e. The van der Waals surface area contributed by atoms with Crippen LogP contribution in [0.15, 0.2) is 29.6 Å². The second-order valence-corrected chi connectivity index (χ2v) is 4.68. The van der Waals surface area contributed by atoms with Crippen molar-refractivity contribution in [3.63, 3.8) is 0 Å². The van der Waals surface area contributed by atoms with Crippen LogP contribution in [0.4, 0.5) is 10.1 Å². The van der Waals surface area contributed by atoms with Crippen LogP contribution in [-0.4, -0.2) is 5.91 Å². The fourth-order valence-corrected chi connectivity index (χ4v) is 2.39. The summed E-state index contributed by atoms with van der Waals surface area (Å²) < 4.78 is 12.9. The number of hydrogen-bond acceptors (Lipinski definition) is 3. The molecule has 0 saturated heterocycles.